The number of ketones is 1. The van der Waals surface area contributed by atoms with Crippen LogP contribution in [0.5, 0.6) is 0 Å². The number of carbonyl (C=O) groups excluding carboxylic acids is 1. The van der Waals surface area contributed by atoms with Crippen molar-refractivity contribution >= 4 is 5.78 Å². The van der Waals surface area contributed by atoms with Crippen molar-refractivity contribution in [1.82, 2.24) is 0 Å². The molecule has 0 spiro atoms. The maximum Gasteiger partial charge on any atom is 0.182 e. The fraction of sp³-hybridized carbons (Fsp3) is 0.714. The Morgan fingerprint density at radius 2 is 1.65 bits per heavy atom. The quantitative estimate of drug-likeness (QED) is 0.582. The van der Waals surface area contributed by atoms with Crippen LogP contribution >= 0.6 is 0 Å². The van der Waals surface area contributed by atoms with Crippen LogP contribution in [-0.2, 0) is 4.79 Å². The van der Waals surface area contributed by atoms with Crippen LogP contribution in [0.1, 0.15) is 32.1 Å². The van der Waals surface area contributed by atoms with Gasteiger partial charge in [-0.25, -0.2) is 0 Å². The number of rotatable bonds is 2. The summed E-state index contributed by atoms with van der Waals surface area (Å²) >= 11 is 0. The third-order valence-corrected chi connectivity index (χ3v) is 5.03. The van der Waals surface area contributed by atoms with Crippen molar-refractivity contribution in [2.45, 2.75) is 32.1 Å². The Morgan fingerprint density at radius 3 is 2.12 bits per heavy atom. The molecule has 0 unspecified atom stereocenters. The first-order valence-corrected chi connectivity index (χ1v) is 6.58. The van der Waals surface area contributed by atoms with Crippen molar-refractivity contribution in [3.05, 3.63) is 11.8 Å². The van der Waals surface area contributed by atoms with Gasteiger partial charge in [-0.2, -0.15) is 5.26 Å². The molecule has 4 saturated carbocycles. The van der Waals surface area contributed by atoms with E-state index in [0.29, 0.717) is 11.8 Å². The van der Waals surface area contributed by atoms with Gasteiger partial charge in [0.25, 0.3) is 0 Å². The van der Waals surface area contributed by atoms with Crippen LogP contribution in [0.2, 0.25) is 0 Å². The third-order valence-electron chi connectivity index (χ3n) is 5.03. The number of nitrogens with zero attached hydrogens (tertiary/aromatic N) is 1. The van der Waals surface area contributed by atoms with Gasteiger partial charge in [-0.05, 0) is 55.8 Å². The molecule has 0 saturated heterocycles. The second-order valence-electron chi connectivity index (χ2n) is 6.05. The number of allylic oxidation sites excluding steroid dienone is 2. The number of nitriles is 1. The normalized spacial score (nSPS) is 43.5. The third kappa shape index (κ3) is 1.67. The Balaban J connectivity index is 1.83. The summed E-state index contributed by atoms with van der Waals surface area (Å²) in [5.41, 5.74) is 5.87. The monoisotopic (exact) mass is 230 g/mol. The molecule has 0 radical (unpaired) electrons. The first-order valence-electron chi connectivity index (χ1n) is 6.58. The van der Waals surface area contributed by atoms with Gasteiger partial charge in [-0.1, -0.05) is 0 Å². The molecule has 4 aliphatic rings. The van der Waals surface area contributed by atoms with Gasteiger partial charge < -0.3 is 5.73 Å². The minimum absolute atomic E-state index is 0.0420. The van der Waals surface area contributed by atoms with Gasteiger partial charge in [0.05, 0.1) is 11.8 Å². The van der Waals surface area contributed by atoms with E-state index in [1.165, 1.54) is 38.2 Å². The Kier molecular flexibility index (Phi) is 2.47. The van der Waals surface area contributed by atoms with E-state index < -0.39 is 0 Å². The van der Waals surface area contributed by atoms with Crippen molar-refractivity contribution < 1.29 is 4.79 Å². The van der Waals surface area contributed by atoms with Crippen LogP contribution in [0.4, 0.5) is 0 Å². The topological polar surface area (TPSA) is 66.9 Å². The predicted octanol–water partition coefficient (Wildman–Crippen LogP) is 1.99. The molecule has 0 amide bonds. The maximum atomic E-state index is 12.3. The van der Waals surface area contributed by atoms with E-state index in [2.05, 4.69) is 0 Å². The first-order chi connectivity index (χ1) is 8.19. The van der Waals surface area contributed by atoms with E-state index in [-0.39, 0.29) is 17.4 Å². The summed E-state index contributed by atoms with van der Waals surface area (Å²) < 4.78 is 0. The summed E-state index contributed by atoms with van der Waals surface area (Å²) in [6.07, 6.45) is 7.43. The van der Waals surface area contributed by atoms with Gasteiger partial charge in [-0.15, -0.1) is 0 Å². The molecule has 4 rings (SSSR count). The van der Waals surface area contributed by atoms with Crippen LogP contribution < -0.4 is 5.73 Å². The number of Topliss-reactive ketones (excluding diaryl/α,β-unsaturated/α-hetero) is 1. The SMILES string of the molecule is N#C/C=C(\N)C(=O)C1C2CC3CC(C2)CC1C3. The van der Waals surface area contributed by atoms with E-state index in [0.717, 1.165) is 11.8 Å². The van der Waals surface area contributed by atoms with E-state index >= 15 is 0 Å². The van der Waals surface area contributed by atoms with Crippen molar-refractivity contribution in [3.8, 4) is 6.07 Å². The van der Waals surface area contributed by atoms with E-state index in [1.54, 1.807) is 0 Å². The molecular weight excluding hydrogens is 212 g/mol. The Labute approximate surface area is 102 Å². The van der Waals surface area contributed by atoms with Crippen LogP contribution in [0.3, 0.4) is 0 Å². The van der Waals surface area contributed by atoms with E-state index in [1.807, 2.05) is 6.07 Å². The molecule has 3 heteroatoms. The smallest absolute Gasteiger partial charge is 0.182 e. The lowest BCUT2D eigenvalue weighted by Gasteiger charge is -2.53. The highest BCUT2D eigenvalue weighted by Gasteiger charge is 2.50. The molecule has 4 aliphatic carbocycles. The molecule has 4 fully saturated rings. The molecule has 17 heavy (non-hydrogen) atoms. The zero-order valence-corrected chi connectivity index (χ0v) is 9.93. The van der Waals surface area contributed by atoms with Crippen molar-refractivity contribution in [1.29, 1.82) is 5.26 Å². The number of carbonyl (C=O) groups is 1. The average Bonchev–Trinajstić information content (AvgIpc) is 2.27. The summed E-state index contributed by atoms with van der Waals surface area (Å²) in [5.74, 6) is 2.98. The summed E-state index contributed by atoms with van der Waals surface area (Å²) in [6, 6.07) is 1.86. The van der Waals surface area contributed by atoms with Crippen LogP contribution in [0.25, 0.3) is 0 Å². The Bertz CT molecular complexity index is 390. The molecule has 0 aromatic carbocycles. The van der Waals surface area contributed by atoms with Gasteiger partial charge >= 0.3 is 0 Å². The van der Waals surface area contributed by atoms with Gasteiger partial charge in [0.1, 0.15) is 0 Å². The number of hydrogen-bond donors (Lipinski definition) is 1. The molecule has 3 nitrogen and oxygen atoms in total. The summed E-state index contributed by atoms with van der Waals surface area (Å²) in [7, 11) is 0. The average molecular weight is 230 g/mol. The highest BCUT2D eigenvalue weighted by Crippen LogP contribution is 2.56. The Hall–Kier alpha value is -1.30. The highest BCUT2D eigenvalue weighted by atomic mass is 16.1. The minimum atomic E-state index is 0.0420. The zero-order chi connectivity index (χ0) is 12.0. The van der Waals surface area contributed by atoms with Crippen molar-refractivity contribution in [2.24, 2.45) is 35.3 Å². The van der Waals surface area contributed by atoms with Crippen LogP contribution in [0.15, 0.2) is 11.8 Å². The summed E-state index contributed by atoms with van der Waals surface area (Å²) in [4.78, 5) is 12.3. The largest absolute Gasteiger partial charge is 0.395 e. The second kappa shape index (κ2) is 3.87. The first kappa shape index (κ1) is 10.8. The highest BCUT2D eigenvalue weighted by molar-refractivity contribution is 5.97. The van der Waals surface area contributed by atoms with Gasteiger partial charge in [0.2, 0.25) is 0 Å². The summed E-state index contributed by atoms with van der Waals surface area (Å²) in [5, 5.41) is 8.58. The fourth-order valence-corrected chi connectivity index (χ4v) is 4.69. The number of hydrogen-bond acceptors (Lipinski definition) is 3. The second-order valence-corrected chi connectivity index (χ2v) is 6.05. The lowest BCUT2D eigenvalue weighted by atomic mass is 9.51. The number of nitrogens with two attached hydrogens (primary N) is 1. The Morgan fingerprint density at radius 1 is 1.12 bits per heavy atom. The van der Waals surface area contributed by atoms with Gasteiger partial charge in [-0.3, -0.25) is 4.79 Å². The lowest BCUT2D eigenvalue weighted by Crippen LogP contribution is -2.48. The molecule has 0 aromatic rings. The van der Waals surface area contributed by atoms with Gasteiger partial charge in [0.15, 0.2) is 5.78 Å². The fourth-order valence-electron chi connectivity index (χ4n) is 4.69. The van der Waals surface area contributed by atoms with Crippen LogP contribution in [-0.4, -0.2) is 5.78 Å². The van der Waals surface area contributed by atoms with Crippen LogP contribution in [0, 0.1) is 40.9 Å². The standard InChI is InChI=1S/C14H18N2O/c15-2-1-12(16)14(17)13-10-4-8-3-9(6-10)7-11(13)5-8/h1,8-11,13H,3-7,16H2/b12-1-. The molecule has 2 N–H and O–H groups in total. The van der Waals surface area contributed by atoms with Crippen molar-refractivity contribution in [2.75, 3.05) is 0 Å². The molecule has 90 valence electrons. The van der Waals surface area contributed by atoms with Crippen molar-refractivity contribution in [3.63, 3.8) is 0 Å². The summed E-state index contributed by atoms with van der Waals surface area (Å²) in [6.45, 7) is 0. The maximum absolute atomic E-state index is 12.3. The van der Waals surface area contributed by atoms with Gasteiger partial charge in [0, 0.05) is 12.0 Å². The zero-order valence-electron chi connectivity index (χ0n) is 9.93. The molecule has 0 aromatic heterocycles. The molecule has 4 bridgehead atoms. The molecule has 0 aliphatic heterocycles. The minimum Gasteiger partial charge on any atom is -0.395 e. The van der Waals surface area contributed by atoms with E-state index in [9.17, 15) is 4.79 Å². The van der Waals surface area contributed by atoms with E-state index in [4.69, 9.17) is 11.0 Å². The molecule has 0 atom stereocenters. The predicted molar refractivity (Wildman–Crippen MR) is 63.4 cm³/mol. The lowest BCUT2D eigenvalue weighted by molar-refractivity contribution is -0.132. The molecular formula is C14H18N2O. The molecule has 0 heterocycles.